The molecule has 4 aliphatic rings. The van der Waals surface area contributed by atoms with E-state index in [1.807, 2.05) is 6.07 Å². The van der Waals surface area contributed by atoms with Crippen molar-refractivity contribution in [3.63, 3.8) is 0 Å². The van der Waals surface area contributed by atoms with Gasteiger partial charge in [-0.3, -0.25) is 0 Å². The first-order chi connectivity index (χ1) is 11.2. The second kappa shape index (κ2) is 4.84. The highest BCUT2D eigenvalue weighted by molar-refractivity contribution is 6.62. The third-order valence-electron chi connectivity index (χ3n) is 6.79. The second-order valence-electron chi connectivity index (χ2n) is 8.07. The van der Waals surface area contributed by atoms with E-state index in [9.17, 15) is 9.90 Å². The summed E-state index contributed by atoms with van der Waals surface area (Å²) in [6.45, 7) is 6.66. The highest BCUT2D eigenvalue weighted by Crippen LogP contribution is 2.69. The molecule has 4 atom stereocenters. The third kappa shape index (κ3) is 1.85. The molecule has 6 heteroatoms. The van der Waals surface area contributed by atoms with Crippen LogP contribution in [0.4, 0.5) is 0 Å². The van der Waals surface area contributed by atoms with Crippen molar-refractivity contribution >= 4 is 18.6 Å². The fraction of sp³-hybridized carbons (Fsp3) is 0.611. The van der Waals surface area contributed by atoms with Crippen molar-refractivity contribution in [1.29, 1.82) is 0 Å². The lowest BCUT2D eigenvalue weighted by Crippen LogP contribution is -2.71. The molecule has 1 heterocycles. The standard InChI is InChI=1S/C18H23BO5/c1-16(2)12-9-14(16)17(3)18(10-12,22-4)24-19(23-17)13-7-5-6-11(8-13)15(20)21/h5-8,12,14H,9-10H2,1-4H3,(H,20,21). The number of benzene rings is 1. The quantitative estimate of drug-likeness (QED) is 0.862. The van der Waals surface area contributed by atoms with E-state index in [0.717, 1.165) is 18.3 Å². The molecule has 1 N–H and O–H groups in total. The summed E-state index contributed by atoms with van der Waals surface area (Å²) in [6, 6.07) is 6.75. The lowest BCUT2D eigenvalue weighted by molar-refractivity contribution is -0.325. The van der Waals surface area contributed by atoms with Gasteiger partial charge in [0.1, 0.15) is 5.60 Å². The Morgan fingerprint density at radius 1 is 1.33 bits per heavy atom. The molecule has 5 nitrogen and oxygen atoms in total. The number of rotatable bonds is 3. The van der Waals surface area contributed by atoms with Crippen LogP contribution in [0.5, 0.6) is 0 Å². The lowest BCUT2D eigenvalue weighted by Gasteiger charge is -2.67. The highest BCUT2D eigenvalue weighted by atomic mass is 16.8. The van der Waals surface area contributed by atoms with Gasteiger partial charge in [-0.25, -0.2) is 4.79 Å². The molecule has 1 aliphatic heterocycles. The number of hydrogen-bond donors (Lipinski definition) is 1. The second-order valence-corrected chi connectivity index (χ2v) is 8.07. The van der Waals surface area contributed by atoms with E-state index in [1.54, 1.807) is 25.3 Å². The van der Waals surface area contributed by atoms with Crippen LogP contribution in [0.25, 0.3) is 0 Å². The van der Waals surface area contributed by atoms with Crippen LogP contribution in [0.1, 0.15) is 44.0 Å². The first-order valence-electron chi connectivity index (χ1n) is 8.47. The number of carboxylic acid groups (broad SMARTS) is 1. The van der Waals surface area contributed by atoms with E-state index in [0.29, 0.717) is 11.8 Å². The summed E-state index contributed by atoms with van der Waals surface area (Å²) in [5.74, 6) is -0.803. The normalized spacial score (nSPS) is 39.2. The van der Waals surface area contributed by atoms with E-state index in [-0.39, 0.29) is 11.0 Å². The molecule has 0 radical (unpaired) electrons. The zero-order chi connectivity index (χ0) is 17.3. The molecule has 0 spiro atoms. The van der Waals surface area contributed by atoms with Gasteiger partial charge in [0.05, 0.1) is 5.56 Å². The Bertz CT molecular complexity index is 704. The van der Waals surface area contributed by atoms with Gasteiger partial charge >= 0.3 is 13.1 Å². The first kappa shape index (κ1) is 16.1. The minimum atomic E-state index is -0.955. The van der Waals surface area contributed by atoms with Gasteiger partial charge < -0.3 is 19.2 Å². The Kier molecular flexibility index (Phi) is 3.25. The summed E-state index contributed by atoms with van der Waals surface area (Å²) >= 11 is 0. The van der Waals surface area contributed by atoms with Gasteiger partial charge in [-0.1, -0.05) is 26.0 Å². The van der Waals surface area contributed by atoms with Crippen LogP contribution in [0.2, 0.25) is 0 Å². The zero-order valence-corrected chi connectivity index (χ0v) is 14.5. The molecule has 1 aromatic rings. The molecule has 4 unspecified atom stereocenters. The first-order valence-corrected chi connectivity index (χ1v) is 8.47. The van der Waals surface area contributed by atoms with E-state index in [2.05, 4.69) is 20.8 Å². The summed E-state index contributed by atoms with van der Waals surface area (Å²) in [6.07, 6.45) is 1.93. The minimum Gasteiger partial charge on any atom is -0.478 e. The number of methoxy groups -OCH3 is 1. The molecule has 2 bridgehead atoms. The van der Waals surface area contributed by atoms with Gasteiger partial charge in [-0.15, -0.1) is 0 Å². The molecule has 0 amide bonds. The zero-order valence-electron chi connectivity index (χ0n) is 14.5. The van der Waals surface area contributed by atoms with E-state index in [1.165, 1.54) is 0 Å². The summed E-state index contributed by atoms with van der Waals surface area (Å²) in [5.41, 5.74) is 0.620. The topological polar surface area (TPSA) is 65.0 Å². The fourth-order valence-electron chi connectivity index (χ4n) is 5.13. The molecule has 0 aromatic heterocycles. The van der Waals surface area contributed by atoms with Gasteiger partial charge in [0.2, 0.25) is 0 Å². The van der Waals surface area contributed by atoms with Crippen molar-refractivity contribution in [2.24, 2.45) is 17.3 Å². The van der Waals surface area contributed by atoms with Crippen LogP contribution in [0.15, 0.2) is 24.3 Å². The van der Waals surface area contributed by atoms with Crippen LogP contribution >= 0.6 is 0 Å². The Morgan fingerprint density at radius 3 is 2.71 bits per heavy atom. The molecular formula is C18H23BO5. The molecule has 128 valence electrons. The molecule has 1 saturated heterocycles. The van der Waals surface area contributed by atoms with E-state index < -0.39 is 24.5 Å². The molecule has 3 aliphatic carbocycles. The predicted molar refractivity (Wildman–Crippen MR) is 89.1 cm³/mol. The molecule has 24 heavy (non-hydrogen) atoms. The molecule has 3 saturated carbocycles. The van der Waals surface area contributed by atoms with Crippen molar-refractivity contribution in [2.45, 2.75) is 45.0 Å². The molecule has 4 fully saturated rings. The van der Waals surface area contributed by atoms with Crippen molar-refractivity contribution in [3.8, 4) is 0 Å². The Labute approximate surface area is 142 Å². The third-order valence-corrected chi connectivity index (χ3v) is 6.79. The Balaban J connectivity index is 1.71. The van der Waals surface area contributed by atoms with Gasteiger partial charge in [-0.05, 0) is 48.2 Å². The van der Waals surface area contributed by atoms with Crippen LogP contribution in [-0.4, -0.2) is 36.7 Å². The maximum atomic E-state index is 11.2. The van der Waals surface area contributed by atoms with Gasteiger partial charge in [-0.2, -0.15) is 0 Å². The van der Waals surface area contributed by atoms with Crippen LogP contribution in [0, 0.1) is 17.3 Å². The SMILES string of the molecule is COC12CC3CC(C3(C)C)C1(C)OB(c1cccc(C(=O)O)c1)O2. The maximum absolute atomic E-state index is 11.2. The van der Waals surface area contributed by atoms with Gasteiger partial charge in [0.25, 0.3) is 0 Å². The molecule has 5 rings (SSSR count). The van der Waals surface area contributed by atoms with Gasteiger partial charge in [0, 0.05) is 13.5 Å². The molecular weight excluding hydrogens is 307 g/mol. The molecule has 1 aromatic carbocycles. The number of aromatic carboxylic acids is 1. The average Bonchev–Trinajstić information content (AvgIpc) is 2.88. The monoisotopic (exact) mass is 330 g/mol. The summed E-state index contributed by atoms with van der Waals surface area (Å²) < 4.78 is 18.6. The smallest absolute Gasteiger partial charge is 0.478 e. The van der Waals surface area contributed by atoms with Crippen molar-refractivity contribution < 1.29 is 23.9 Å². The number of carbonyl (C=O) groups is 1. The predicted octanol–water partition coefficient (Wildman–Crippen LogP) is 2.29. The fourth-order valence-corrected chi connectivity index (χ4v) is 5.13. The van der Waals surface area contributed by atoms with Gasteiger partial charge in [0.15, 0.2) is 5.79 Å². The average molecular weight is 330 g/mol. The number of carboxylic acids is 1. The summed E-state index contributed by atoms with van der Waals surface area (Å²) in [5, 5.41) is 9.22. The summed E-state index contributed by atoms with van der Waals surface area (Å²) in [7, 11) is 1.07. The maximum Gasteiger partial charge on any atom is 0.496 e. The highest BCUT2D eigenvalue weighted by Gasteiger charge is 2.75. The minimum absolute atomic E-state index is 0.206. The Hall–Kier alpha value is -1.37. The number of hydrogen-bond acceptors (Lipinski definition) is 4. The van der Waals surface area contributed by atoms with Crippen molar-refractivity contribution in [1.82, 2.24) is 0 Å². The van der Waals surface area contributed by atoms with Crippen LogP contribution in [-0.2, 0) is 14.0 Å². The van der Waals surface area contributed by atoms with Crippen molar-refractivity contribution in [3.05, 3.63) is 29.8 Å². The van der Waals surface area contributed by atoms with Crippen LogP contribution in [0.3, 0.4) is 0 Å². The number of ether oxygens (including phenoxy) is 1. The van der Waals surface area contributed by atoms with E-state index >= 15 is 0 Å². The largest absolute Gasteiger partial charge is 0.496 e. The summed E-state index contributed by atoms with van der Waals surface area (Å²) in [4.78, 5) is 11.2. The lowest BCUT2D eigenvalue weighted by atomic mass is 9.42. The van der Waals surface area contributed by atoms with E-state index in [4.69, 9.17) is 14.0 Å². The van der Waals surface area contributed by atoms with Crippen molar-refractivity contribution in [2.75, 3.05) is 7.11 Å². The van der Waals surface area contributed by atoms with Crippen LogP contribution < -0.4 is 5.46 Å². The Morgan fingerprint density at radius 2 is 2.08 bits per heavy atom.